The van der Waals surface area contributed by atoms with Crippen molar-refractivity contribution in [3.8, 4) is 5.75 Å². The van der Waals surface area contributed by atoms with Gasteiger partial charge in [0.2, 0.25) is 10.0 Å². The third kappa shape index (κ3) is 6.34. The molecule has 2 aromatic carbocycles. The number of aromatic hydroxyl groups is 1. The first-order chi connectivity index (χ1) is 14.4. The standard InChI is InChI=1S/C20H21N6O3S.Ag/c1-3-26(4-2)16-8-11-18(19(27)14-16)24-23-15-6-9-17(10-7-15)30(28,29)25-20-21-12-5-13-22-20;/h5-14H,3-4H2,1-2H3,(H-,21,22,23,25,27);/q-1;+1. The van der Waals surface area contributed by atoms with Crippen molar-refractivity contribution in [3.05, 3.63) is 65.6 Å². The zero-order chi connectivity index (χ0) is 21.6. The smallest absolute Gasteiger partial charge is 0.506 e. The number of azo groups is 1. The summed E-state index contributed by atoms with van der Waals surface area (Å²) in [6, 6.07) is 12.5. The molecule has 0 saturated carbocycles. The van der Waals surface area contributed by atoms with Crippen molar-refractivity contribution >= 4 is 33.0 Å². The topological polar surface area (TPSA) is 122 Å². The third-order valence-corrected chi connectivity index (χ3v) is 5.52. The molecule has 1 heterocycles. The van der Waals surface area contributed by atoms with E-state index in [1.54, 1.807) is 18.2 Å². The molecule has 0 aliphatic carbocycles. The van der Waals surface area contributed by atoms with E-state index in [1.807, 2.05) is 19.9 Å². The molecule has 3 aromatic rings. The molecule has 3 rings (SSSR count). The van der Waals surface area contributed by atoms with Gasteiger partial charge in [0.05, 0.1) is 10.6 Å². The summed E-state index contributed by atoms with van der Waals surface area (Å²) in [6.07, 6.45) is 2.82. The van der Waals surface area contributed by atoms with Gasteiger partial charge in [-0.1, -0.05) is 6.07 Å². The molecule has 1 N–H and O–H groups in total. The van der Waals surface area contributed by atoms with Gasteiger partial charge in [0, 0.05) is 30.8 Å². The van der Waals surface area contributed by atoms with Crippen molar-refractivity contribution in [2.24, 2.45) is 10.2 Å². The molecule has 0 spiro atoms. The maximum atomic E-state index is 12.3. The number of sulfonamides is 1. The summed E-state index contributed by atoms with van der Waals surface area (Å²) < 4.78 is 28.3. The van der Waals surface area contributed by atoms with E-state index in [1.165, 1.54) is 36.7 Å². The van der Waals surface area contributed by atoms with Crippen LogP contribution in [-0.4, -0.2) is 36.6 Å². The molecule has 9 nitrogen and oxygen atoms in total. The first-order valence-corrected chi connectivity index (χ1v) is 10.7. The van der Waals surface area contributed by atoms with Crippen LogP contribution in [0.2, 0.25) is 0 Å². The molecule has 31 heavy (non-hydrogen) atoms. The Morgan fingerprint density at radius 3 is 2.23 bits per heavy atom. The Balaban J connectivity index is 0.00000341. The molecule has 0 unspecified atom stereocenters. The summed E-state index contributed by atoms with van der Waals surface area (Å²) in [7, 11) is -3.94. The molecule has 0 bridgehead atoms. The van der Waals surface area contributed by atoms with Crippen LogP contribution in [0.5, 0.6) is 5.75 Å². The molecule has 0 aliphatic rings. The Labute approximate surface area is 196 Å². The van der Waals surface area contributed by atoms with Gasteiger partial charge in [-0.25, -0.2) is 8.42 Å². The van der Waals surface area contributed by atoms with E-state index in [0.717, 1.165) is 18.8 Å². The van der Waals surface area contributed by atoms with E-state index in [2.05, 4.69) is 29.8 Å². The van der Waals surface area contributed by atoms with Crippen molar-refractivity contribution in [2.45, 2.75) is 18.7 Å². The quantitative estimate of drug-likeness (QED) is 0.327. The molecule has 0 amide bonds. The summed E-state index contributed by atoms with van der Waals surface area (Å²) in [4.78, 5) is 9.67. The number of hydrogen-bond donors (Lipinski definition) is 1. The molecule has 0 radical (unpaired) electrons. The fraction of sp³-hybridized carbons (Fsp3) is 0.200. The maximum absolute atomic E-state index is 12.3. The number of rotatable bonds is 8. The van der Waals surface area contributed by atoms with Gasteiger partial charge >= 0.3 is 22.4 Å². The zero-order valence-corrected chi connectivity index (χ0v) is 19.1. The maximum Gasteiger partial charge on any atom is 1.00 e. The van der Waals surface area contributed by atoms with Crippen LogP contribution in [0.1, 0.15) is 13.8 Å². The molecule has 0 aliphatic heterocycles. The van der Waals surface area contributed by atoms with E-state index < -0.39 is 10.0 Å². The molecule has 1 aromatic heterocycles. The average Bonchev–Trinajstić information content (AvgIpc) is 2.75. The third-order valence-electron chi connectivity index (χ3n) is 4.25. The van der Waals surface area contributed by atoms with Crippen LogP contribution in [0.25, 0.3) is 4.72 Å². The summed E-state index contributed by atoms with van der Waals surface area (Å²) in [5, 5.41) is 18.3. The molecular weight excluding hydrogens is 512 g/mol. The summed E-state index contributed by atoms with van der Waals surface area (Å²) in [5.74, 6) is -0.117. The van der Waals surface area contributed by atoms with E-state index in [0.29, 0.717) is 11.4 Å². The Hall–Kier alpha value is -2.79. The molecule has 0 saturated heterocycles. The Morgan fingerprint density at radius 1 is 1.00 bits per heavy atom. The normalized spacial score (nSPS) is 11.2. The number of benzene rings is 2. The molecule has 11 heteroatoms. The van der Waals surface area contributed by atoms with Crippen molar-refractivity contribution < 1.29 is 35.9 Å². The number of phenolic OH excluding ortho intramolecular Hbond substituents is 1. The first-order valence-electron chi connectivity index (χ1n) is 9.27. The van der Waals surface area contributed by atoms with Crippen LogP contribution in [0.4, 0.5) is 23.0 Å². The molecule has 0 fully saturated rings. The minimum absolute atomic E-state index is 0. The molecule has 166 valence electrons. The first kappa shape index (κ1) is 24.5. The van der Waals surface area contributed by atoms with Gasteiger partial charge in [0.15, 0.2) is 0 Å². The van der Waals surface area contributed by atoms with Gasteiger partial charge in [-0.2, -0.15) is 5.11 Å². The van der Waals surface area contributed by atoms with Crippen LogP contribution in [0, 0.1) is 0 Å². The van der Waals surface area contributed by atoms with Crippen molar-refractivity contribution in [1.29, 1.82) is 0 Å². The van der Waals surface area contributed by atoms with Gasteiger partial charge in [0.1, 0.15) is 11.4 Å². The second-order valence-electron chi connectivity index (χ2n) is 6.15. The SMILES string of the molecule is CCN(CC)c1ccc(N=Nc2ccc(S(=O)(=O)[N-]c3ncccn3)cc2)c(O)c1.[Ag+]. The van der Waals surface area contributed by atoms with Crippen LogP contribution >= 0.6 is 0 Å². The van der Waals surface area contributed by atoms with E-state index in [9.17, 15) is 13.5 Å². The van der Waals surface area contributed by atoms with Gasteiger partial charge < -0.3 is 20.0 Å². The predicted octanol–water partition coefficient (Wildman–Crippen LogP) is 4.84. The van der Waals surface area contributed by atoms with Gasteiger partial charge in [0.25, 0.3) is 0 Å². The molecular formula is C20H21AgN6O3S. The number of phenols is 1. The monoisotopic (exact) mass is 532 g/mol. The van der Waals surface area contributed by atoms with E-state index in [4.69, 9.17) is 0 Å². The second kappa shape index (κ2) is 11.0. The van der Waals surface area contributed by atoms with Crippen molar-refractivity contribution in [2.75, 3.05) is 18.0 Å². The van der Waals surface area contributed by atoms with Crippen molar-refractivity contribution in [1.82, 2.24) is 9.97 Å². The van der Waals surface area contributed by atoms with E-state index in [-0.39, 0.29) is 39.0 Å². The van der Waals surface area contributed by atoms with Gasteiger partial charge in [-0.3, -0.25) is 4.72 Å². The largest absolute Gasteiger partial charge is 1.00 e. The second-order valence-corrected chi connectivity index (χ2v) is 7.76. The summed E-state index contributed by atoms with van der Waals surface area (Å²) in [5.41, 5.74) is 1.65. The Morgan fingerprint density at radius 2 is 1.65 bits per heavy atom. The average molecular weight is 533 g/mol. The van der Waals surface area contributed by atoms with Crippen LogP contribution in [-0.2, 0) is 32.4 Å². The van der Waals surface area contributed by atoms with E-state index >= 15 is 0 Å². The Bertz CT molecular complexity index is 1120. The minimum Gasteiger partial charge on any atom is -0.506 e. The van der Waals surface area contributed by atoms with Crippen molar-refractivity contribution in [3.63, 3.8) is 0 Å². The summed E-state index contributed by atoms with van der Waals surface area (Å²) >= 11 is 0. The number of anilines is 1. The van der Waals surface area contributed by atoms with Crippen LogP contribution in [0.15, 0.2) is 76.0 Å². The molecule has 0 atom stereocenters. The fourth-order valence-electron chi connectivity index (χ4n) is 2.68. The minimum atomic E-state index is -3.94. The van der Waals surface area contributed by atoms with Crippen LogP contribution in [0.3, 0.4) is 0 Å². The van der Waals surface area contributed by atoms with Crippen LogP contribution < -0.4 is 4.90 Å². The van der Waals surface area contributed by atoms with Gasteiger partial charge in [-0.05, 0) is 62.6 Å². The number of aromatic nitrogens is 2. The fourth-order valence-corrected chi connectivity index (χ4v) is 3.57. The predicted molar refractivity (Wildman–Crippen MR) is 115 cm³/mol. The van der Waals surface area contributed by atoms with Gasteiger partial charge in [-0.15, -0.1) is 5.11 Å². The number of hydrogen-bond acceptors (Lipinski definition) is 8. The zero-order valence-electron chi connectivity index (χ0n) is 16.8. The Kier molecular flexibility index (Phi) is 8.69. The summed E-state index contributed by atoms with van der Waals surface area (Å²) in [6.45, 7) is 5.74. The number of nitrogens with zero attached hydrogens (tertiary/aromatic N) is 6.